The Morgan fingerprint density at radius 2 is 2.38 bits per heavy atom. The van der Waals surface area contributed by atoms with Crippen LogP contribution in [0.4, 0.5) is 0 Å². The van der Waals surface area contributed by atoms with Gasteiger partial charge < -0.3 is 5.32 Å². The highest BCUT2D eigenvalue weighted by Gasteiger charge is 2.24. The summed E-state index contributed by atoms with van der Waals surface area (Å²) in [6.07, 6.45) is 2.27. The molecule has 1 saturated carbocycles. The molecule has 0 unspecified atom stereocenters. The number of carbonyl (C=O) groups excluding carboxylic acids is 1. The van der Waals surface area contributed by atoms with Gasteiger partial charge in [0.15, 0.2) is 0 Å². The molecule has 13 heavy (non-hydrogen) atoms. The van der Waals surface area contributed by atoms with Crippen molar-refractivity contribution >= 4 is 33.2 Å². The van der Waals surface area contributed by atoms with Gasteiger partial charge in [-0.05, 0) is 47.3 Å². The number of amides is 1. The van der Waals surface area contributed by atoms with Crippen LogP contribution in [0.15, 0.2) is 9.85 Å². The van der Waals surface area contributed by atoms with Gasteiger partial charge in [-0.25, -0.2) is 0 Å². The maximum absolute atomic E-state index is 11.5. The molecule has 0 aliphatic heterocycles. The Morgan fingerprint density at radius 3 is 2.85 bits per heavy atom. The number of aryl methyl sites for hydroxylation is 1. The van der Waals surface area contributed by atoms with Crippen LogP contribution in [0.25, 0.3) is 0 Å². The number of halogens is 1. The SMILES string of the molecule is Cc1cc(C(=O)NC2CC2)sc1Br. The van der Waals surface area contributed by atoms with E-state index in [1.54, 1.807) is 0 Å². The van der Waals surface area contributed by atoms with Gasteiger partial charge in [0.2, 0.25) is 0 Å². The second kappa shape index (κ2) is 3.42. The van der Waals surface area contributed by atoms with Gasteiger partial charge in [-0.2, -0.15) is 0 Å². The number of nitrogens with one attached hydrogen (secondary N) is 1. The minimum absolute atomic E-state index is 0.0706. The average Bonchev–Trinajstić information content (AvgIpc) is 2.81. The van der Waals surface area contributed by atoms with E-state index in [2.05, 4.69) is 21.2 Å². The number of thiophene rings is 1. The second-order valence-corrected chi connectivity index (χ2v) is 5.69. The molecule has 0 bridgehead atoms. The third-order valence-corrected chi connectivity index (χ3v) is 4.13. The molecule has 0 atom stereocenters. The van der Waals surface area contributed by atoms with Gasteiger partial charge in [0, 0.05) is 6.04 Å². The molecule has 1 fully saturated rings. The number of hydrogen-bond donors (Lipinski definition) is 1. The zero-order chi connectivity index (χ0) is 9.42. The van der Waals surface area contributed by atoms with E-state index in [-0.39, 0.29) is 5.91 Å². The van der Waals surface area contributed by atoms with Gasteiger partial charge in [-0.15, -0.1) is 11.3 Å². The summed E-state index contributed by atoms with van der Waals surface area (Å²) in [5.41, 5.74) is 1.13. The molecule has 2 nitrogen and oxygen atoms in total. The summed E-state index contributed by atoms with van der Waals surface area (Å²) in [7, 11) is 0. The van der Waals surface area contributed by atoms with E-state index in [4.69, 9.17) is 0 Å². The molecule has 4 heteroatoms. The summed E-state index contributed by atoms with van der Waals surface area (Å²) < 4.78 is 1.05. The maximum Gasteiger partial charge on any atom is 0.261 e. The Labute approximate surface area is 89.5 Å². The second-order valence-electron chi connectivity index (χ2n) is 3.32. The minimum atomic E-state index is 0.0706. The van der Waals surface area contributed by atoms with Crippen LogP contribution in [0.1, 0.15) is 28.1 Å². The van der Waals surface area contributed by atoms with Crippen molar-refractivity contribution in [1.82, 2.24) is 5.32 Å². The molecule has 1 aromatic rings. The van der Waals surface area contributed by atoms with Crippen LogP contribution < -0.4 is 5.32 Å². The highest BCUT2D eigenvalue weighted by atomic mass is 79.9. The van der Waals surface area contributed by atoms with Crippen LogP contribution in [0, 0.1) is 6.92 Å². The lowest BCUT2D eigenvalue weighted by Gasteiger charge is -1.98. The molecule has 0 saturated heterocycles. The molecule has 1 aliphatic rings. The Balaban J connectivity index is 2.09. The van der Waals surface area contributed by atoms with E-state index < -0.39 is 0 Å². The van der Waals surface area contributed by atoms with Crippen molar-refractivity contribution in [1.29, 1.82) is 0 Å². The first kappa shape index (κ1) is 9.21. The Hall–Kier alpha value is -0.350. The van der Waals surface area contributed by atoms with Crippen molar-refractivity contribution in [2.24, 2.45) is 0 Å². The largest absolute Gasteiger partial charge is 0.349 e. The summed E-state index contributed by atoms with van der Waals surface area (Å²) in [4.78, 5) is 12.3. The normalized spacial score (nSPS) is 15.8. The van der Waals surface area contributed by atoms with Gasteiger partial charge in [-0.3, -0.25) is 4.79 Å². The van der Waals surface area contributed by atoms with Crippen molar-refractivity contribution in [2.45, 2.75) is 25.8 Å². The highest BCUT2D eigenvalue weighted by Crippen LogP contribution is 2.28. The zero-order valence-corrected chi connectivity index (χ0v) is 9.67. The molecule has 0 radical (unpaired) electrons. The monoisotopic (exact) mass is 259 g/mol. The van der Waals surface area contributed by atoms with Crippen LogP contribution in [-0.4, -0.2) is 11.9 Å². The van der Waals surface area contributed by atoms with Crippen LogP contribution in [0.5, 0.6) is 0 Å². The van der Waals surface area contributed by atoms with Crippen LogP contribution in [0.3, 0.4) is 0 Å². The first-order chi connectivity index (χ1) is 6.16. The van der Waals surface area contributed by atoms with E-state index in [0.717, 1.165) is 27.1 Å². The Morgan fingerprint density at radius 1 is 1.69 bits per heavy atom. The molecule has 1 amide bonds. The van der Waals surface area contributed by atoms with E-state index in [1.807, 2.05) is 13.0 Å². The van der Waals surface area contributed by atoms with Gasteiger partial charge >= 0.3 is 0 Å². The quantitative estimate of drug-likeness (QED) is 0.870. The molecule has 1 N–H and O–H groups in total. The zero-order valence-electron chi connectivity index (χ0n) is 7.26. The third kappa shape index (κ3) is 2.11. The molecular weight excluding hydrogens is 250 g/mol. The van der Waals surface area contributed by atoms with Crippen molar-refractivity contribution in [3.8, 4) is 0 Å². The van der Waals surface area contributed by atoms with Crippen LogP contribution >= 0.6 is 27.3 Å². The topological polar surface area (TPSA) is 29.1 Å². The fraction of sp³-hybridized carbons (Fsp3) is 0.444. The summed E-state index contributed by atoms with van der Waals surface area (Å²) in [6, 6.07) is 2.36. The summed E-state index contributed by atoms with van der Waals surface area (Å²) in [6.45, 7) is 1.99. The summed E-state index contributed by atoms with van der Waals surface area (Å²) in [5.74, 6) is 0.0706. The lowest BCUT2D eigenvalue weighted by molar-refractivity contribution is 0.0955. The molecule has 70 valence electrons. The molecule has 2 rings (SSSR count). The Bertz CT molecular complexity index is 324. The van der Waals surface area contributed by atoms with Crippen LogP contribution in [0.2, 0.25) is 0 Å². The van der Waals surface area contributed by atoms with Gasteiger partial charge in [-0.1, -0.05) is 0 Å². The first-order valence-corrected chi connectivity index (χ1v) is 5.84. The van der Waals surface area contributed by atoms with Crippen molar-refractivity contribution < 1.29 is 4.79 Å². The first-order valence-electron chi connectivity index (χ1n) is 4.23. The third-order valence-electron chi connectivity index (χ3n) is 1.99. The fourth-order valence-corrected chi connectivity index (χ4v) is 2.49. The van der Waals surface area contributed by atoms with Gasteiger partial charge in [0.1, 0.15) is 0 Å². The van der Waals surface area contributed by atoms with E-state index in [9.17, 15) is 4.79 Å². The van der Waals surface area contributed by atoms with E-state index in [1.165, 1.54) is 11.3 Å². The fourth-order valence-electron chi connectivity index (χ4n) is 1.06. The van der Waals surface area contributed by atoms with Crippen molar-refractivity contribution in [3.05, 3.63) is 20.3 Å². The van der Waals surface area contributed by atoms with Gasteiger partial charge in [0.25, 0.3) is 5.91 Å². The molecule has 1 aromatic heterocycles. The summed E-state index contributed by atoms with van der Waals surface area (Å²) in [5, 5.41) is 2.96. The summed E-state index contributed by atoms with van der Waals surface area (Å²) >= 11 is 4.90. The van der Waals surface area contributed by atoms with Crippen LogP contribution in [-0.2, 0) is 0 Å². The predicted molar refractivity (Wildman–Crippen MR) is 57.2 cm³/mol. The highest BCUT2D eigenvalue weighted by molar-refractivity contribution is 9.11. The van der Waals surface area contributed by atoms with Crippen molar-refractivity contribution in [3.63, 3.8) is 0 Å². The standard InChI is InChI=1S/C9H10BrNOS/c1-5-4-7(13-8(5)10)9(12)11-6-2-3-6/h4,6H,2-3H2,1H3,(H,11,12). The predicted octanol–water partition coefficient (Wildman–Crippen LogP) is 2.71. The molecule has 1 aliphatic carbocycles. The van der Waals surface area contributed by atoms with E-state index in [0.29, 0.717) is 6.04 Å². The minimum Gasteiger partial charge on any atom is -0.349 e. The molecule has 1 heterocycles. The van der Waals surface area contributed by atoms with Crippen molar-refractivity contribution in [2.75, 3.05) is 0 Å². The maximum atomic E-state index is 11.5. The molecule has 0 spiro atoms. The molecular formula is C9H10BrNOS. The lowest BCUT2D eigenvalue weighted by atomic mass is 10.3. The number of hydrogen-bond acceptors (Lipinski definition) is 2. The smallest absolute Gasteiger partial charge is 0.261 e. The average molecular weight is 260 g/mol. The lowest BCUT2D eigenvalue weighted by Crippen LogP contribution is -2.24. The number of rotatable bonds is 2. The Kier molecular flexibility index (Phi) is 2.43. The van der Waals surface area contributed by atoms with Gasteiger partial charge in [0.05, 0.1) is 8.66 Å². The van der Waals surface area contributed by atoms with E-state index >= 15 is 0 Å². The number of carbonyl (C=O) groups is 1. The molecule has 0 aromatic carbocycles.